The van der Waals surface area contributed by atoms with Crippen LogP contribution in [0.15, 0.2) is 18.5 Å². The molecule has 21 heavy (non-hydrogen) atoms. The molecule has 0 aliphatic carbocycles. The molecule has 2 aromatic rings. The number of hydrogen-bond donors (Lipinski definition) is 1. The zero-order valence-corrected chi connectivity index (χ0v) is 12.9. The van der Waals surface area contributed by atoms with Crippen molar-refractivity contribution in [1.29, 1.82) is 0 Å². The minimum atomic E-state index is 0.0249. The summed E-state index contributed by atoms with van der Waals surface area (Å²) in [4.78, 5) is 13.0. The topological polar surface area (TPSA) is 77.8 Å². The molecular weight excluding hydrogens is 268 g/mol. The highest BCUT2D eigenvalue weighted by atomic mass is 16.5. The third kappa shape index (κ3) is 4.14. The summed E-state index contributed by atoms with van der Waals surface area (Å²) in [5, 5.41) is 7.30. The lowest BCUT2D eigenvalue weighted by molar-refractivity contribution is 0.155. The molecule has 2 heterocycles. The second-order valence-electron chi connectivity index (χ2n) is 5.19. The summed E-state index contributed by atoms with van der Waals surface area (Å²) < 4.78 is 7.38. The van der Waals surface area contributed by atoms with Gasteiger partial charge in [0.15, 0.2) is 0 Å². The van der Waals surface area contributed by atoms with Crippen molar-refractivity contribution in [2.45, 2.75) is 40.2 Å². The number of anilines is 1. The Kier molecular flexibility index (Phi) is 5.08. The van der Waals surface area contributed by atoms with Gasteiger partial charge in [-0.2, -0.15) is 20.1 Å². The van der Waals surface area contributed by atoms with Gasteiger partial charge in [0.2, 0.25) is 5.95 Å². The predicted molar refractivity (Wildman–Crippen MR) is 80.7 cm³/mol. The van der Waals surface area contributed by atoms with E-state index in [9.17, 15) is 0 Å². The third-order valence-corrected chi connectivity index (χ3v) is 3.08. The fourth-order valence-electron chi connectivity index (χ4n) is 1.51. The van der Waals surface area contributed by atoms with Crippen LogP contribution < -0.4 is 10.1 Å². The smallest absolute Gasteiger partial charge is 0.323 e. The van der Waals surface area contributed by atoms with E-state index in [0.717, 1.165) is 13.0 Å². The first kappa shape index (κ1) is 15.2. The van der Waals surface area contributed by atoms with Crippen LogP contribution in [-0.2, 0) is 0 Å². The summed E-state index contributed by atoms with van der Waals surface area (Å²) in [5.74, 6) is 1.32. The molecule has 0 aliphatic heterocycles. The van der Waals surface area contributed by atoms with E-state index < -0.39 is 0 Å². The molecule has 7 heteroatoms. The number of rotatable bonds is 7. The molecule has 0 saturated carbocycles. The Morgan fingerprint density at radius 1 is 1.24 bits per heavy atom. The molecule has 7 nitrogen and oxygen atoms in total. The van der Waals surface area contributed by atoms with Gasteiger partial charge in [-0.05, 0) is 25.3 Å². The molecule has 0 radical (unpaired) electrons. The van der Waals surface area contributed by atoms with Gasteiger partial charge >= 0.3 is 6.01 Å². The molecule has 2 aromatic heterocycles. The van der Waals surface area contributed by atoms with Gasteiger partial charge in [-0.25, -0.2) is 4.68 Å². The van der Waals surface area contributed by atoms with Crippen molar-refractivity contribution in [3.63, 3.8) is 0 Å². The van der Waals surface area contributed by atoms with Crippen LogP contribution in [-0.4, -0.2) is 37.4 Å². The molecule has 1 N–H and O–H groups in total. The highest BCUT2D eigenvalue weighted by Gasteiger charge is 2.14. The number of ether oxygens (including phenoxy) is 1. The highest BCUT2D eigenvalue weighted by Crippen LogP contribution is 2.14. The molecule has 0 aliphatic rings. The summed E-state index contributed by atoms with van der Waals surface area (Å²) >= 11 is 0. The molecule has 0 aromatic carbocycles. The summed E-state index contributed by atoms with van der Waals surface area (Å²) in [6, 6.07) is 2.13. The average Bonchev–Trinajstić information content (AvgIpc) is 2.99. The number of nitrogens with one attached hydrogen (secondary N) is 1. The van der Waals surface area contributed by atoms with Gasteiger partial charge in [0.05, 0.1) is 0 Å². The average molecular weight is 290 g/mol. The first-order valence-electron chi connectivity index (χ1n) is 7.26. The Hall–Kier alpha value is -2.18. The molecule has 114 valence electrons. The summed E-state index contributed by atoms with van der Waals surface area (Å²) in [7, 11) is 0. The number of aromatic nitrogens is 5. The van der Waals surface area contributed by atoms with E-state index in [1.807, 2.05) is 13.0 Å². The Bertz CT molecular complexity index is 555. The number of hydrogen-bond acceptors (Lipinski definition) is 6. The maximum atomic E-state index is 5.79. The Balaban J connectivity index is 2.28. The van der Waals surface area contributed by atoms with Crippen LogP contribution in [0.1, 0.15) is 34.1 Å². The van der Waals surface area contributed by atoms with Crippen LogP contribution in [0.25, 0.3) is 5.95 Å². The van der Waals surface area contributed by atoms with Crippen LogP contribution >= 0.6 is 0 Å². The van der Waals surface area contributed by atoms with Crippen LogP contribution in [0, 0.1) is 5.92 Å². The Morgan fingerprint density at radius 3 is 2.67 bits per heavy atom. The molecule has 0 fully saturated rings. The van der Waals surface area contributed by atoms with E-state index in [1.54, 1.807) is 17.1 Å². The zero-order valence-electron chi connectivity index (χ0n) is 12.9. The van der Waals surface area contributed by atoms with Crippen molar-refractivity contribution in [3.8, 4) is 12.0 Å². The van der Waals surface area contributed by atoms with E-state index in [0.29, 0.717) is 23.8 Å². The fourth-order valence-corrected chi connectivity index (χ4v) is 1.51. The lowest BCUT2D eigenvalue weighted by atomic mass is 10.1. The van der Waals surface area contributed by atoms with Crippen molar-refractivity contribution in [3.05, 3.63) is 18.5 Å². The molecule has 1 atom stereocenters. The summed E-state index contributed by atoms with van der Waals surface area (Å²) in [6.45, 7) is 9.07. The minimum absolute atomic E-state index is 0.0249. The van der Waals surface area contributed by atoms with Crippen LogP contribution in [0.5, 0.6) is 6.01 Å². The fraction of sp³-hybridized carbons (Fsp3) is 0.571. The van der Waals surface area contributed by atoms with Gasteiger partial charge in [-0.15, -0.1) is 0 Å². The molecule has 2 rings (SSSR count). The van der Waals surface area contributed by atoms with E-state index in [2.05, 4.69) is 46.1 Å². The minimum Gasteiger partial charge on any atom is -0.460 e. The molecule has 0 amide bonds. The maximum absolute atomic E-state index is 5.79. The third-order valence-electron chi connectivity index (χ3n) is 3.08. The second-order valence-corrected chi connectivity index (χ2v) is 5.19. The van der Waals surface area contributed by atoms with E-state index >= 15 is 0 Å². The van der Waals surface area contributed by atoms with Gasteiger partial charge in [0.25, 0.3) is 5.95 Å². The van der Waals surface area contributed by atoms with Crippen molar-refractivity contribution in [1.82, 2.24) is 24.7 Å². The maximum Gasteiger partial charge on any atom is 0.323 e. The van der Waals surface area contributed by atoms with Crippen molar-refractivity contribution < 1.29 is 4.74 Å². The Morgan fingerprint density at radius 2 is 2.05 bits per heavy atom. The molecule has 0 saturated heterocycles. The lowest BCUT2D eigenvalue weighted by Gasteiger charge is -2.17. The number of nitrogens with zero attached hydrogens (tertiary/aromatic N) is 5. The van der Waals surface area contributed by atoms with E-state index in [-0.39, 0.29) is 6.10 Å². The second kappa shape index (κ2) is 7.01. The van der Waals surface area contributed by atoms with Gasteiger partial charge in [-0.1, -0.05) is 20.8 Å². The van der Waals surface area contributed by atoms with E-state index in [1.165, 1.54) is 0 Å². The normalized spacial score (nSPS) is 12.4. The first-order valence-corrected chi connectivity index (χ1v) is 7.26. The molecular formula is C14H22N6O. The summed E-state index contributed by atoms with van der Waals surface area (Å²) in [6.07, 6.45) is 4.48. The summed E-state index contributed by atoms with van der Waals surface area (Å²) in [5.41, 5.74) is 0. The standard InChI is InChI=1S/C14H22N6O/c1-5-7-15-12-17-13(20-9-6-8-16-20)19-14(18-12)21-11(4)10(2)3/h6,8-11H,5,7H2,1-4H3,(H,15,17,18,19). The SMILES string of the molecule is CCCNc1nc(OC(C)C(C)C)nc(-n2cccn2)n1. The molecule has 0 bridgehead atoms. The van der Waals surface area contributed by atoms with Crippen LogP contribution in [0.3, 0.4) is 0 Å². The highest BCUT2D eigenvalue weighted by molar-refractivity contribution is 5.29. The van der Waals surface area contributed by atoms with Gasteiger partial charge < -0.3 is 10.1 Å². The van der Waals surface area contributed by atoms with Crippen LogP contribution in [0.4, 0.5) is 5.95 Å². The monoisotopic (exact) mass is 290 g/mol. The first-order chi connectivity index (χ1) is 10.1. The van der Waals surface area contributed by atoms with Gasteiger partial charge in [0, 0.05) is 18.9 Å². The molecule has 1 unspecified atom stereocenters. The zero-order chi connectivity index (χ0) is 15.2. The molecule has 0 spiro atoms. The largest absolute Gasteiger partial charge is 0.460 e. The van der Waals surface area contributed by atoms with E-state index in [4.69, 9.17) is 4.74 Å². The van der Waals surface area contributed by atoms with Crippen molar-refractivity contribution >= 4 is 5.95 Å². The van der Waals surface area contributed by atoms with Gasteiger partial charge in [0.1, 0.15) is 6.10 Å². The lowest BCUT2D eigenvalue weighted by Crippen LogP contribution is -2.21. The van der Waals surface area contributed by atoms with Gasteiger partial charge in [-0.3, -0.25) is 0 Å². The van der Waals surface area contributed by atoms with Crippen LogP contribution in [0.2, 0.25) is 0 Å². The van der Waals surface area contributed by atoms with Crippen molar-refractivity contribution in [2.75, 3.05) is 11.9 Å². The quantitative estimate of drug-likeness (QED) is 0.843. The predicted octanol–water partition coefficient (Wildman–Crippen LogP) is 2.30. The van der Waals surface area contributed by atoms with Crippen molar-refractivity contribution in [2.24, 2.45) is 5.92 Å². The Labute approximate surface area is 124 Å².